The highest BCUT2D eigenvalue weighted by Crippen LogP contribution is 2.25. The summed E-state index contributed by atoms with van der Waals surface area (Å²) in [6, 6.07) is 6.44. The minimum atomic E-state index is 0.686. The Morgan fingerprint density at radius 2 is 2.15 bits per heavy atom. The molecule has 0 fully saturated rings. The molecule has 1 nitrogen and oxygen atoms in total. The monoisotopic (exact) mass is 237 g/mol. The highest BCUT2D eigenvalue weighted by atomic mass is 79.9. The average Bonchev–Trinajstić information content (AvgIpc) is 2.16. The Kier molecular flexibility index (Phi) is 2.51. The first-order chi connectivity index (χ1) is 6.29. The number of aryl methyl sites for hydroxylation is 1. The number of halogens is 1. The Hall–Kier alpha value is -0.600. The van der Waals surface area contributed by atoms with Gasteiger partial charge in [-0.15, -0.1) is 0 Å². The summed E-state index contributed by atoms with van der Waals surface area (Å²) < 4.78 is 1.14. The van der Waals surface area contributed by atoms with Gasteiger partial charge in [0.05, 0.1) is 0 Å². The van der Waals surface area contributed by atoms with Crippen LogP contribution in [-0.4, -0.2) is 6.54 Å². The van der Waals surface area contributed by atoms with E-state index in [1.54, 1.807) is 0 Å². The van der Waals surface area contributed by atoms with Crippen LogP contribution in [0.5, 0.6) is 0 Å². The van der Waals surface area contributed by atoms with Crippen LogP contribution >= 0.6 is 15.9 Å². The van der Waals surface area contributed by atoms with Gasteiger partial charge < -0.3 is 5.73 Å². The Bertz CT molecular complexity index is 355. The molecular weight excluding hydrogens is 226 g/mol. The quantitative estimate of drug-likeness (QED) is 0.799. The molecule has 13 heavy (non-hydrogen) atoms. The lowest BCUT2D eigenvalue weighted by atomic mass is 9.92. The van der Waals surface area contributed by atoms with E-state index in [0.717, 1.165) is 17.3 Å². The van der Waals surface area contributed by atoms with Gasteiger partial charge in [0.25, 0.3) is 0 Å². The number of rotatable bonds is 1. The molecule has 1 aromatic rings. The average molecular weight is 238 g/mol. The van der Waals surface area contributed by atoms with Crippen molar-refractivity contribution >= 4 is 22.0 Å². The molecule has 0 heterocycles. The largest absolute Gasteiger partial charge is 0.327 e. The van der Waals surface area contributed by atoms with Crippen LogP contribution in [-0.2, 0) is 6.42 Å². The number of fused-ring (bicyclic) bond motifs is 1. The maximum absolute atomic E-state index is 5.62. The van der Waals surface area contributed by atoms with Crippen molar-refractivity contribution in [3.63, 3.8) is 0 Å². The van der Waals surface area contributed by atoms with Crippen LogP contribution in [0.4, 0.5) is 0 Å². The van der Waals surface area contributed by atoms with Gasteiger partial charge in [-0.3, -0.25) is 0 Å². The fraction of sp³-hybridized carbons (Fsp3) is 0.273. The van der Waals surface area contributed by atoms with Gasteiger partial charge in [-0.25, -0.2) is 0 Å². The summed E-state index contributed by atoms with van der Waals surface area (Å²) in [6.45, 7) is 0.686. The second-order valence-corrected chi connectivity index (χ2v) is 4.27. The first-order valence-corrected chi connectivity index (χ1v) is 5.27. The highest BCUT2D eigenvalue weighted by Gasteiger charge is 2.08. The molecule has 0 spiro atoms. The minimum absolute atomic E-state index is 0.686. The lowest BCUT2D eigenvalue weighted by molar-refractivity contribution is 0.892. The van der Waals surface area contributed by atoms with Crippen molar-refractivity contribution in [1.29, 1.82) is 0 Å². The van der Waals surface area contributed by atoms with Crippen molar-refractivity contribution in [3.05, 3.63) is 39.4 Å². The van der Waals surface area contributed by atoms with E-state index in [1.807, 2.05) is 0 Å². The van der Waals surface area contributed by atoms with Crippen LogP contribution < -0.4 is 5.73 Å². The number of benzene rings is 1. The number of hydrogen-bond acceptors (Lipinski definition) is 1. The lowest BCUT2D eigenvalue weighted by Gasteiger charge is -2.15. The maximum atomic E-state index is 5.62. The summed E-state index contributed by atoms with van der Waals surface area (Å²) in [5.74, 6) is 0. The van der Waals surface area contributed by atoms with Crippen LogP contribution in [0.15, 0.2) is 28.2 Å². The fourth-order valence-corrected chi connectivity index (χ4v) is 2.05. The summed E-state index contributed by atoms with van der Waals surface area (Å²) in [5.41, 5.74) is 9.72. The molecule has 0 amide bonds. The minimum Gasteiger partial charge on any atom is -0.327 e. The molecule has 1 aliphatic rings. The van der Waals surface area contributed by atoms with Gasteiger partial charge in [0.1, 0.15) is 0 Å². The van der Waals surface area contributed by atoms with Gasteiger partial charge in [-0.05, 0) is 36.1 Å². The molecular formula is C11H12BrN. The molecule has 0 aromatic heterocycles. The zero-order valence-electron chi connectivity index (χ0n) is 7.39. The SMILES string of the molecule is NCC1=Cc2cc(Br)ccc2CC1. The smallest absolute Gasteiger partial charge is 0.0181 e. The zero-order chi connectivity index (χ0) is 9.26. The fourth-order valence-electron chi connectivity index (χ4n) is 1.68. The van der Waals surface area contributed by atoms with Crippen LogP contribution in [0.2, 0.25) is 0 Å². The standard InChI is InChI=1S/C11H12BrN/c12-11-4-3-9-2-1-8(7-13)5-10(9)6-11/h3-6H,1-2,7,13H2. The first-order valence-electron chi connectivity index (χ1n) is 4.47. The molecule has 1 aromatic carbocycles. The second kappa shape index (κ2) is 3.64. The lowest BCUT2D eigenvalue weighted by Crippen LogP contribution is -2.08. The third-order valence-corrected chi connectivity index (χ3v) is 2.94. The van der Waals surface area contributed by atoms with Gasteiger partial charge in [0, 0.05) is 11.0 Å². The highest BCUT2D eigenvalue weighted by molar-refractivity contribution is 9.10. The summed E-state index contributed by atoms with van der Waals surface area (Å²) in [6.07, 6.45) is 4.46. The van der Waals surface area contributed by atoms with E-state index in [2.05, 4.69) is 40.2 Å². The second-order valence-electron chi connectivity index (χ2n) is 3.35. The topological polar surface area (TPSA) is 26.0 Å². The molecule has 0 saturated carbocycles. The van der Waals surface area contributed by atoms with Crippen molar-refractivity contribution in [2.75, 3.05) is 6.54 Å². The Labute approximate surface area is 86.8 Å². The third kappa shape index (κ3) is 1.84. The summed E-state index contributed by atoms with van der Waals surface area (Å²) in [5, 5.41) is 0. The van der Waals surface area contributed by atoms with Gasteiger partial charge in [-0.2, -0.15) is 0 Å². The van der Waals surface area contributed by atoms with Gasteiger partial charge in [0.2, 0.25) is 0 Å². The van der Waals surface area contributed by atoms with E-state index in [1.165, 1.54) is 16.7 Å². The van der Waals surface area contributed by atoms with Crippen LogP contribution in [0.3, 0.4) is 0 Å². The maximum Gasteiger partial charge on any atom is 0.0181 e. The van der Waals surface area contributed by atoms with Gasteiger partial charge in [0.15, 0.2) is 0 Å². The molecule has 2 rings (SSSR count). The molecule has 0 saturated heterocycles. The van der Waals surface area contributed by atoms with Crippen LogP contribution in [0.25, 0.3) is 6.08 Å². The van der Waals surface area contributed by atoms with Gasteiger partial charge in [-0.1, -0.05) is 33.6 Å². The molecule has 0 unspecified atom stereocenters. The van der Waals surface area contributed by atoms with Crippen LogP contribution in [0.1, 0.15) is 17.5 Å². The van der Waals surface area contributed by atoms with E-state index in [9.17, 15) is 0 Å². The van der Waals surface area contributed by atoms with Gasteiger partial charge >= 0.3 is 0 Å². The molecule has 0 aliphatic heterocycles. The molecule has 68 valence electrons. The predicted octanol–water partition coefficient (Wildman–Crippen LogP) is 2.74. The van der Waals surface area contributed by atoms with E-state index in [-0.39, 0.29) is 0 Å². The zero-order valence-corrected chi connectivity index (χ0v) is 8.97. The van der Waals surface area contributed by atoms with Crippen molar-refractivity contribution < 1.29 is 0 Å². The summed E-state index contributed by atoms with van der Waals surface area (Å²) >= 11 is 3.47. The van der Waals surface area contributed by atoms with Crippen molar-refractivity contribution in [1.82, 2.24) is 0 Å². The predicted molar refractivity (Wildman–Crippen MR) is 59.5 cm³/mol. The van der Waals surface area contributed by atoms with E-state index >= 15 is 0 Å². The molecule has 0 atom stereocenters. The van der Waals surface area contributed by atoms with Crippen molar-refractivity contribution in [2.45, 2.75) is 12.8 Å². The molecule has 0 radical (unpaired) electrons. The van der Waals surface area contributed by atoms with Crippen LogP contribution in [0, 0.1) is 0 Å². The Morgan fingerprint density at radius 3 is 2.92 bits per heavy atom. The van der Waals surface area contributed by atoms with Crippen molar-refractivity contribution in [2.24, 2.45) is 5.73 Å². The summed E-state index contributed by atoms with van der Waals surface area (Å²) in [7, 11) is 0. The normalized spacial score (nSPS) is 15.1. The van der Waals surface area contributed by atoms with Crippen molar-refractivity contribution in [3.8, 4) is 0 Å². The third-order valence-electron chi connectivity index (χ3n) is 2.45. The molecule has 2 heteroatoms. The van der Waals surface area contributed by atoms with E-state index < -0.39 is 0 Å². The Balaban J connectivity index is 2.44. The summed E-state index contributed by atoms with van der Waals surface area (Å²) in [4.78, 5) is 0. The van der Waals surface area contributed by atoms with E-state index in [4.69, 9.17) is 5.73 Å². The molecule has 1 aliphatic carbocycles. The number of nitrogens with two attached hydrogens (primary N) is 1. The molecule has 2 N–H and O–H groups in total. The Morgan fingerprint density at radius 1 is 1.31 bits per heavy atom. The first kappa shape index (κ1) is 8.97. The number of hydrogen-bond donors (Lipinski definition) is 1. The van der Waals surface area contributed by atoms with E-state index in [0.29, 0.717) is 6.54 Å². The molecule has 0 bridgehead atoms.